The summed E-state index contributed by atoms with van der Waals surface area (Å²) in [7, 11) is 0. The van der Waals surface area contributed by atoms with Gasteiger partial charge >= 0.3 is 5.97 Å². The number of carboxylic acid groups (broad SMARTS) is 1. The third kappa shape index (κ3) is 2.70. The topological polar surface area (TPSA) is 83.7 Å². The summed E-state index contributed by atoms with van der Waals surface area (Å²) < 4.78 is 0. The predicted octanol–water partition coefficient (Wildman–Crippen LogP) is 2.23. The van der Waals surface area contributed by atoms with Gasteiger partial charge in [-0.05, 0) is 12.1 Å². The fourth-order valence-corrected chi connectivity index (χ4v) is 2.54. The van der Waals surface area contributed by atoms with Crippen molar-refractivity contribution in [3.63, 3.8) is 0 Å². The van der Waals surface area contributed by atoms with Crippen LogP contribution in [0.1, 0.15) is 18.5 Å². The van der Waals surface area contributed by atoms with Gasteiger partial charge in [0.2, 0.25) is 0 Å². The lowest BCUT2D eigenvalue weighted by atomic mass is 9.88. The fourth-order valence-electron chi connectivity index (χ4n) is 2.54. The molecule has 0 radical (unpaired) electrons. The van der Waals surface area contributed by atoms with Crippen LogP contribution in [0, 0.1) is 16.0 Å². The first-order valence-electron chi connectivity index (χ1n) is 6.42. The second-order valence-corrected chi connectivity index (χ2v) is 4.67. The van der Waals surface area contributed by atoms with Crippen molar-refractivity contribution in [1.29, 1.82) is 0 Å². The highest BCUT2D eigenvalue weighted by Crippen LogP contribution is 2.33. The Hall–Kier alpha value is -2.21. The molecular weight excluding hydrogens is 260 g/mol. The van der Waals surface area contributed by atoms with E-state index < -0.39 is 16.8 Å². The molecule has 0 saturated carbocycles. The van der Waals surface area contributed by atoms with E-state index >= 15 is 0 Å². The number of likely N-dealkylation sites (N-methyl/N-ethyl adjacent to an activating group) is 1. The van der Waals surface area contributed by atoms with Gasteiger partial charge in [0.05, 0.1) is 16.9 Å². The highest BCUT2D eigenvalue weighted by molar-refractivity contribution is 5.73. The fraction of sp³-hybridized carbons (Fsp3) is 0.357. The molecule has 2 rings (SSSR count). The number of carbonyl (C=O) groups is 1. The van der Waals surface area contributed by atoms with E-state index in [4.69, 9.17) is 0 Å². The van der Waals surface area contributed by atoms with Gasteiger partial charge in [0, 0.05) is 18.7 Å². The van der Waals surface area contributed by atoms with Gasteiger partial charge in [-0.25, -0.2) is 0 Å². The lowest BCUT2D eigenvalue weighted by Crippen LogP contribution is -2.39. The van der Waals surface area contributed by atoms with Crippen LogP contribution in [0.5, 0.6) is 0 Å². The second-order valence-electron chi connectivity index (χ2n) is 4.67. The first kappa shape index (κ1) is 14.2. The smallest absolute Gasteiger partial charge is 0.312 e. The van der Waals surface area contributed by atoms with Crippen molar-refractivity contribution in [3.05, 3.63) is 52.1 Å². The normalized spacial score (nSPS) is 22.6. The molecule has 0 aliphatic carbocycles. The van der Waals surface area contributed by atoms with Gasteiger partial charge < -0.3 is 5.11 Å². The van der Waals surface area contributed by atoms with E-state index in [0.29, 0.717) is 6.54 Å². The molecule has 0 aromatic heterocycles. The van der Waals surface area contributed by atoms with Crippen LogP contribution in [-0.2, 0) is 4.79 Å². The largest absolute Gasteiger partial charge is 0.481 e. The predicted molar refractivity (Wildman–Crippen MR) is 73.4 cm³/mol. The Labute approximate surface area is 116 Å². The molecule has 0 saturated heterocycles. The van der Waals surface area contributed by atoms with Crippen LogP contribution in [0.25, 0.3) is 0 Å². The Balaban J connectivity index is 2.37. The third-order valence-electron chi connectivity index (χ3n) is 3.55. The standard InChI is InChI=1S/C14H16N2O4/c1-2-15-9-3-4-12(14(17)18)13(15)10-5-7-11(8-6-10)16(19)20/h3-8,12-13H,2,9H2,1H3,(H,17,18). The molecule has 106 valence electrons. The number of hydrogen-bond donors (Lipinski definition) is 1. The molecule has 1 aromatic rings. The molecule has 1 aromatic carbocycles. The molecule has 0 amide bonds. The molecule has 0 spiro atoms. The van der Waals surface area contributed by atoms with Crippen LogP contribution < -0.4 is 0 Å². The number of hydrogen-bond acceptors (Lipinski definition) is 4. The summed E-state index contributed by atoms with van der Waals surface area (Å²) in [5.41, 5.74) is 0.796. The van der Waals surface area contributed by atoms with Crippen molar-refractivity contribution in [2.45, 2.75) is 13.0 Å². The van der Waals surface area contributed by atoms with Gasteiger partial charge in [-0.15, -0.1) is 0 Å². The molecule has 0 fully saturated rings. The molecule has 2 unspecified atom stereocenters. The number of non-ortho nitro benzene ring substituents is 1. The van der Waals surface area contributed by atoms with Gasteiger partial charge in [-0.1, -0.05) is 31.2 Å². The monoisotopic (exact) mass is 276 g/mol. The molecule has 6 nitrogen and oxygen atoms in total. The van der Waals surface area contributed by atoms with Gasteiger partial charge in [-0.2, -0.15) is 0 Å². The number of rotatable bonds is 4. The Morgan fingerprint density at radius 1 is 1.45 bits per heavy atom. The van der Waals surface area contributed by atoms with E-state index in [1.54, 1.807) is 18.2 Å². The zero-order valence-corrected chi connectivity index (χ0v) is 11.1. The molecule has 6 heteroatoms. The van der Waals surface area contributed by atoms with Crippen LogP contribution in [0.15, 0.2) is 36.4 Å². The van der Waals surface area contributed by atoms with Crippen LogP contribution in [0.3, 0.4) is 0 Å². The Kier molecular flexibility index (Phi) is 4.14. The van der Waals surface area contributed by atoms with Crippen molar-refractivity contribution in [2.24, 2.45) is 5.92 Å². The lowest BCUT2D eigenvalue weighted by molar-refractivity contribution is -0.384. The lowest BCUT2D eigenvalue weighted by Gasteiger charge is -2.36. The Morgan fingerprint density at radius 3 is 2.60 bits per heavy atom. The number of aliphatic carboxylic acids is 1. The van der Waals surface area contributed by atoms with Crippen molar-refractivity contribution in [1.82, 2.24) is 4.90 Å². The van der Waals surface area contributed by atoms with Gasteiger partial charge in [0.15, 0.2) is 0 Å². The first-order valence-corrected chi connectivity index (χ1v) is 6.42. The molecular formula is C14H16N2O4. The van der Waals surface area contributed by atoms with E-state index in [1.807, 2.05) is 17.9 Å². The van der Waals surface area contributed by atoms with Crippen molar-refractivity contribution < 1.29 is 14.8 Å². The maximum Gasteiger partial charge on any atom is 0.312 e. The van der Waals surface area contributed by atoms with E-state index in [-0.39, 0.29) is 11.7 Å². The van der Waals surface area contributed by atoms with Crippen molar-refractivity contribution in [3.8, 4) is 0 Å². The van der Waals surface area contributed by atoms with Crippen LogP contribution in [0.4, 0.5) is 5.69 Å². The second kappa shape index (κ2) is 5.83. The number of nitro groups is 1. The SMILES string of the molecule is CCN1CC=CC(C(=O)O)C1c1ccc([N+](=O)[O-])cc1. The summed E-state index contributed by atoms with van der Waals surface area (Å²) in [6, 6.07) is 5.82. The quantitative estimate of drug-likeness (QED) is 0.518. The van der Waals surface area contributed by atoms with Gasteiger partial charge in [0.1, 0.15) is 0 Å². The van der Waals surface area contributed by atoms with Crippen LogP contribution in [0.2, 0.25) is 0 Å². The molecule has 20 heavy (non-hydrogen) atoms. The molecule has 1 N–H and O–H groups in total. The first-order chi connectivity index (χ1) is 9.54. The summed E-state index contributed by atoms with van der Waals surface area (Å²) in [5, 5.41) is 20.0. The average molecular weight is 276 g/mol. The maximum absolute atomic E-state index is 11.4. The Bertz CT molecular complexity index is 539. The maximum atomic E-state index is 11.4. The molecule has 2 atom stereocenters. The van der Waals surface area contributed by atoms with Crippen molar-refractivity contribution >= 4 is 11.7 Å². The number of carboxylic acids is 1. The zero-order chi connectivity index (χ0) is 14.7. The van der Waals surface area contributed by atoms with E-state index in [2.05, 4.69) is 0 Å². The minimum Gasteiger partial charge on any atom is -0.481 e. The van der Waals surface area contributed by atoms with E-state index in [9.17, 15) is 20.0 Å². The number of nitrogens with zero attached hydrogens (tertiary/aromatic N) is 2. The molecule has 1 aliphatic heterocycles. The number of nitro benzene ring substituents is 1. The summed E-state index contributed by atoms with van der Waals surface area (Å²) in [6.45, 7) is 3.37. The van der Waals surface area contributed by atoms with E-state index in [1.165, 1.54) is 12.1 Å². The summed E-state index contributed by atoms with van der Waals surface area (Å²) in [5.74, 6) is -1.52. The highest BCUT2D eigenvalue weighted by atomic mass is 16.6. The van der Waals surface area contributed by atoms with E-state index in [0.717, 1.165) is 12.1 Å². The number of benzene rings is 1. The van der Waals surface area contributed by atoms with Gasteiger partial charge in [-0.3, -0.25) is 19.8 Å². The summed E-state index contributed by atoms with van der Waals surface area (Å²) >= 11 is 0. The van der Waals surface area contributed by atoms with Gasteiger partial charge in [0.25, 0.3) is 5.69 Å². The summed E-state index contributed by atoms with van der Waals surface area (Å²) in [4.78, 5) is 23.6. The highest BCUT2D eigenvalue weighted by Gasteiger charge is 2.33. The minimum atomic E-state index is -0.886. The van der Waals surface area contributed by atoms with Crippen LogP contribution in [-0.4, -0.2) is 34.0 Å². The molecule has 0 bridgehead atoms. The third-order valence-corrected chi connectivity index (χ3v) is 3.55. The Morgan fingerprint density at radius 2 is 2.10 bits per heavy atom. The minimum absolute atomic E-state index is 0.00928. The average Bonchev–Trinajstić information content (AvgIpc) is 2.46. The van der Waals surface area contributed by atoms with Crippen molar-refractivity contribution in [2.75, 3.05) is 13.1 Å². The molecule has 1 heterocycles. The molecule has 1 aliphatic rings. The van der Waals surface area contributed by atoms with Crippen LogP contribution >= 0.6 is 0 Å². The summed E-state index contributed by atoms with van der Waals surface area (Å²) in [6.07, 6.45) is 3.55. The zero-order valence-electron chi connectivity index (χ0n) is 11.1.